The summed E-state index contributed by atoms with van der Waals surface area (Å²) in [6.45, 7) is 5.26. The lowest BCUT2D eigenvalue weighted by atomic mass is 10.2. The standard InChI is InChI=1S/C13H16N4O4S/c1-13(2,3)21-12(19)10-7(6-14-16-10)15-11(18)8-5-9(20-4)17-22-8/h5-6H,1-4H3,(H,14,16)(H,15,18). The molecular formula is C13H16N4O4S. The Morgan fingerprint density at radius 3 is 2.68 bits per heavy atom. The van der Waals surface area contributed by atoms with Crippen LogP contribution >= 0.6 is 11.5 Å². The van der Waals surface area contributed by atoms with Crippen LogP contribution in [0.4, 0.5) is 5.69 Å². The number of carbonyl (C=O) groups excluding carboxylic acids is 2. The maximum absolute atomic E-state index is 12.1. The van der Waals surface area contributed by atoms with Crippen LogP contribution in [0.2, 0.25) is 0 Å². The lowest BCUT2D eigenvalue weighted by molar-refractivity contribution is 0.00641. The number of hydrogen-bond donors (Lipinski definition) is 2. The number of hydrogen-bond acceptors (Lipinski definition) is 7. The molecule has 8 nitrogen and oxygen atoms in total. The summed E-state index contributed by atoms with van der Waals surface area (Å²) < 4.78 is 14.1. The molecule has 2 N–H and O–H groups in total. The highest BCUT2D eigenvalue weighted by Crippen LogP contribution is 2.20. The first kappa shape index (κ1) is 16.0. The normalized spacial score (nSPS) is 11.1. The first-order chi connectivity index (χ1) is 10.3. The highest BCUT2D eigenvalue weighted by molar-refractivity contribution is 7.08. The van der Waals surface area contributed by atoms with Crippen LogP contribution in [0.15, 0.2) is 12.3 Å². The smallest absolute Gasteiger partial charge is 0.359 e. The molecule has 0 radical (unpaired) electrons. The third-order valence-electron chi connectivity index (χ3n) is 2.41. The fourth-order valence-corrected chi connectivity index (χ4v) is 2.11. The van der Waals surface area contributed by atoms with Crippen molar-refractivity contribution in [3.05, 3.63) is 22.8 Å². The first-order valence-electron chi connectivity index (χ1n) is 6.39. The number of ether oxygens (including phenoxy) is 2. The van der Waals surface area contributed by atoms with E-state index in [0.29, 0.717) is 10.8 Å². The quantitative estimate of drug-likeness (QED) is 0.834. The average molecular weight is 324 g/mol. The van der Waals surface area contributed by atoms with Crippen LogP contribution in [0.1, 0.15) is 40.9 Å². The molecule has 2 heterocycles. The molecule has 118 valence electrons. The molecule has 0 bridgehead atoms. The van der Waals surface area contributed by atoms with E-state index in [9.17, 15) is 9.59 Å². The zero-order valence-corrected chi connectivity index (χ0v) is 13.4. The van der Waals surface area contributed by atoms with Crippen molar-refractivity contribution in [2.45, 2.75) is 26.4 Å². The van der Waals surface area contributed by atoms with Crippen molar-refractivity contribution in [1.29, 1.82) is 0 Å². The molecule has 1 amide bonds. The number of nitrogens with zero attached hydrogens (tertiary/aromatic N) is 2. The Bertz CT molecular complexity index is 686. The maximum atomic E-state index is 12.1. The van der Waals surface area contributed by atoms with Gasteiger partial charge in [0.1, 0.15) is 10.5 Å². The van der Waals surface area contributed by atoms with Crippen molar-refractivity contribution in [3.63, 3.8) is 0 Å². The lowest BCUT2D eigenvalue weighted by Crippen LogP contribution is -2.25. The van der Waals surface area contributed by atoms with Crippen molar-refractivity contribution < 1.29 is 19.1 Å². The zero-order chi connectivity index (χ0) is 16.3. The molecule has 2 aromatic rings. The molecule has 22 heavy (non-hydrogen) atoms. The molecule has 9 heteroatoms. The lowest BCUT2D eigenvalue weighted by Gasteiger charge is -2.19. The van der Waals surface area contributed by atoms with E-state index in [-0.39, 0.29) is 11.4 Å². The van der Waals surface area contributed by atoms with Crippen molar-refractivity contribution in [3.8, 4) is 5.88 Å². The fraction of sp³-hybridized carbons (Fsp3) is 0.385. The van der Waals surface area contributed by atoms with Gasteiger partial charge in [-0.05, 0) is 32.3 Å². The first-order valence-corrected chi connectivity index (χ1v) is 7.16. The van der Waals surface area contributed by atoms with E-state index >= 15 is 0 Å². The second-order valence-electron chi connectivity index (χ2n) is 5.35. The summed E-state index contributed by atoms with van der Waals surface area (Å²) in [6.07, 6.45) is 1.34. The van der Waals surface area contributed by atoms with Gasteiger partial charge < -0.3 is 14.8 Å². The van der Waals surface area contributed by atoms with Gasteiger partial charge in [-0.15, -0.1) is 0 Å². The van der Waals surface area contributed by atoms with Gasteiger partial charge >= 0.3 is 5.97 Å². The summed E-state index contributed by atoms with van der Waals surface area (Å²) in [7, 11) is 1.47. The summed E-state index contributed by atoms with van der Waals surface area (Å²) in [5.41, 5.74) is -0.319. The molecule has 0 aliphatic carbocycles. The van der Waals surface area contributed by atoms with Crippen LogP contribution in [0.5, 0.6) is 5.88 Å². The number of carbonyl (C=O) groups is 2. The minimum Gasteiger partial charge on any atom is -0.480 e. The predicted octanol–water partition coefficient (Wildman–Crippen LogP) is 2.08. The van der Waals surface area contributed by atoms with E-state index in [1.165, 1.54) is 19.4 Å². The molecule has 0 fully saturated rings. The molecular weight excluding hydrogens is 308 g/mol. The van der Waals surface area contributed by atoms with Crippen LogP contribution in [-0.2, 0) is 4.74 Å². The molecule has 0 saturated carbocycles. The SMILES string of the molecule is COc1cc(C(=O)Nc2cn[nH]c2C(=O)OC(C)(C)C)sn1. The fourth-order valence-electron chi connectivity index (χ4n) is 1.51. The molecule has 2 rings (SSSR count). The van der Waals surface area contributed by atoms with Gasteiger partial charge in [0.2, 0.25) is 5.88 Å². The average Bonchev–Trinajstić information content (AvgIpc) is 3.04. The van der Waals surface area contributed by atoms with Crippen LogP contribution in [0, 0.1) is 0 Å². The number of esters is 1. The number of rotatable bonds is 4. The van der Waals surface area contributed by atoms with E-state index in [1.807, 2.05) is 0 Å². The van der Waals surface area contributed by atoms with Gasteiger partial charge in [0.25, 0.3) is 5.91 Å². The second kappa shape index (κ2) is 6.14. The topological polar surface area (TPSA) is 106 Å². The van der Waals surface area contributed by atoms with Gasteiger partial charge in [0.15, 0.2) is 5.69 Å². The third kappa shape index (κ3) is 3.82. The van der Waals surface area contributed by atoms with E-state index in [0.717, 1.165) is 11.5 Å². The molecule has 2 aromatic heterocycles. The van der Waals surface area contributed by atoms with E-state index in [2.05, 4.69) is 19.9 Å². The molecule has 0 aromatic carbocycles. The van der Waals surface area contributed by atoms with E-state index in [1.54, 1.807) is 20.8 Å². The Kier molecular flexibility index (Phi) is 4.45. The molecule has 0 saturated heterocycles. The van der Waals surface area contributed by atoms with Gasteiger partial charge in [-0.3, -0.25) is 9.89 Å². The molecule has 0 aliphatic heterocycles. The summed E-state index contributed by atoms with van der Waals surface area (Å²) >= 11 is 0.995. The van der Waals surface area contributed by atoms with Crippen LogP contribution in [0.25, 0.3) is 0 Å². The molecule has 0 spiro atoms. The number of aromatic nitrogens is 3. The van der Waals surface area contributed by atoms with Gasteiger partial charge in [0.05, 0.1) is 19.0 Å². The Morgan fingerprint density at radius 2 is 2.09 bits per heavy atom. The van der Waals surface area contributed by atoms with E-state index < -0.39 is 17.5 Å². The maximum Gasteiger partial charge on any atom is 0.359 e. The Hall–Kier alpha value is -2.42. The molecule has 0 atom stereocenters. The summed E-state index contributed by atoms with van der Waals surface area (Å²) in [5.74, 6) is -0.649. The molecule has 0 unspecified atom stereocenters. The van der Waals surface area contributed by atoms with Gasteiger partial charge in [-0.1, -0.05) is 0 Å². The van der Waals surface area contributed by atoms with Crippen LogP contribution < -0.4 is 10.1 Å². The highest BCUT2D eigenvalue weighted by atomic mass is 32.1. The Labute approximate surface area is 131 Å². The number of anilines is 1. The van der Waals surface area contributed by atoms with Gasteiger partial charge in [0, 0.05) is 6.07 Å². The number of nitrogens with one attached hydrogen (secondary N) is 2. The summed E-state index contributed by atoms with van der Waals surface area (Å²) in [6, 6.07) is 1.51. The summed E-state index contributed by atoms with van der Waals surface area (Å²) in [5, 5.41) is 8.88. The molecule has 0 aliphatic rings. The number of amides is 1. The van der Waals surface area contributed by atoms with Crippen molar-refractivity contribution >= 4 is 29.1 Å². The highest BCUT2D eigenvalue weighted by Gasteiger charge is 2.23. The monoisotopic (exact) mass is 324 g/mol. The van der Waals surface area contributed by atoms with Crippen LogP contribution in [0.3, 0.4) is 0 Å². The predicted molar refractivity (Wildman–Crippen MR) is 80.4 cm³/mol. The number of aromatic amines is 1. The minimum atomic E-state index is -0.644. The largest absolute Gasteiger partial charge is 0.480 e. The van der Waals surface area contributed by atoms with Crippen molar-refractivity contribution in [2.75, 3.05) is 12.4 Å². The Morgan fingerprint density at radius 1 is 1.36 bits per heavy atom. The number of methoxy groups -OCH3 is 1. The number of H-pyrrole nitrogens is 1. The van der Waals surface area contributed by atoms with Crippen LogP contribution in [-0.4, -0.2) is 39.2 Å². The van der Waals surface area contributed by atoms with Crippen molar-refractivity contribution in [2.24, 2.45) is 0 Å². The Balaban J connectivity index is 2.12. The second-order valence-corrected chi connectivity index (χ2v) is 6.15. The van der Waals surface area contributed by atoms with E-state index in [4.69, 9.17) is 9.47 Å². The summed E-state index contributed by atoms with van der Waals surface area (Å²) in [4.78, 5) is 24.5. The third-order valence-corrected chi connectivity index (χ3v) is 3.18. The van der Waals surface area contributed by atoms with Gasteiger partial charge in [-0.25, -0.2) is 4.79 Å². The zero-order valence-electron chi connectivity index (χ0n) is 12.6. The minimum absolute atomic E-state index is 0.0831. The van der Waals surface area contributed by atoms with Gasteiger partial charge in [-0.2, -0.15) is 9.47 Å². The van der Waals surface area contributed by atoms with Crippen molar-refractivity contribution in [1.82, 2.24) is 14.6 Å².